The molecule has 0 aromatic heterocycles. The van der Waals surface area contributed by atoms with Crippen LogP contribution in [0.1, 0.15) is 58.8 Å². The Hall–Kier alpha value is -0.870. The van der Waals surface area contributed by atoms with Crippen molar-refractivity contribution in [3.05, 3.63) is 30.3 Å². The quantitative estimate of drug-likeness (QED) is 0.745. The maximum absolute atomic E-state index is 12.9. The van der Waals surface area contributed by atoms with Crippen LogP contribution in [-0.4, -0.2) is 37.7 Å². The smallest absolute Gasteiger partial charge is 0.183 e. The second kappa shape index (κ2) is 7.79. The van der Waals surface area contributed by atoms with Crippen LogP contribution in [0.25, 0.3) is 0 Å². The zero-order valence-electron chi connectivity index (χ0n) is 15.8. The van der Waals surface area contributed by atoms with Gasteiger partial charge >= 0.3 is 0 Å². The number of rotatable bonds is 6. The first-order chi connectivity index (χ1) is 11.9. The van der Waals surface area contributed by atoms with Gasteiger partial charge in [-0.3, -0.25) is 0 Å². The van der Waals surface area contributed by atoms with Crippen molar-refractivity contribution in [2.45, 2.75) is 68.4 Å². The van der Waals surface area contributed by atoms with E-state index in [2.05, 4.69) is 4.90 Å². The lowest BCUT2D eigenvalue weighted by molar-refractivity contribution is 0.0853. The Labute approximate surface area is 153 Å². The third kappa shape index (κ3) is 4.28. The molecule has 0 unspecified atom stereocenters. The summed E-state index contributed by atoms with van der Waals surface area (Å²) in [6.07, 6.45) is 8.67. The number of fused-ring (bicyclic) bond motifs is 1. The zero-order valence-corrected chi connectivity index (χ0v) is 16.6. The summed E-state index contributed by atoms with van der Waals surface area (Å²) < 4.78 is 25.1. The van der Waals surface area contributed by atoms with E-state index >= 15 is 0 Å². The maximum Gasteiger partial charge on any atom is 0.183 e. The van der Waals surface area contributed by atoms with E-state index in [1.165, 1.54) is 45.2 Å². The molecular formula is C21H33NO2S. The predicted molar refractivity (Wildman–Crippen MR) is 103 cm³/mol. The molecule has 2 atom stereocenters. The molecule has 1 heterocycles. The summed E-state index contributed by atoms with van der Waals surface area (Å²) in [4.78, 5) is 3.03. The number of nitrogens with zero attached hydrogens (tertiary/aromatic N) is 1. The Kier molecular flexibility index (Phi) is 5.89. The fourth-order valence-electron chi connectivity index (χ4n) is 4.66. The standard InChI is InChI=1S/C21H33NO2S/c1-21(2,25(23,24)20-11-4-3-5-12-20)14-8-15-22-16-13-18-9-6-7-10-19(18)17-22/h3-5,11-12,18-19H,6-10,13-17H2,1-2H3/t18-,19-/m0/s1. The van der Waals surface area contributed by atoms with Gasteiger partial charge in [0.05, 0.1) is 9.64 Å². The molecule has 25 heavy (non-hydrogen) atoms. The highest BCUT2D eigenvalue weighted by Crippen LogP contribution is 2.36. The van der Waals surface area contributed by atoms with Gasteiger partial charge in [-0.2, -0.15) is 0 Å². The van der Waals surface area contributed by atoms with Crippen LogP contribution in [0.3, 0.4) is 0 Å². The van der Waals surface area contributed by atoms with Gasteiger partial charge in [0.15, 0.2) is 9.84 Å². The third-order valence-electron chi connectivity index (χ3n) is 6.41. The van der Waals surface area contributed by atoms with Gasteiger partial charge in [-0.25, -0.2) is 8.42 Å². The summed E-state index contributed by atoms with van der Waals surface area (Å²) >= 11 is 0. The molecule has 1 saturated carbocycles. The van der Waals surface area contributed by atoms with Crippen molar-refractivity contribution < 1.29 is 8.42 Å². The summed E-state index contributed by atoms with van der Waals surface area (Å²) in [5.41, 5.74) is 0. The number of likely N-dealkylation sites (tertiary alicyclic amines) is 1. The van der Waals surface area contributed by atoms with Gasteiger partial charge in [0.25, 0.3) is 0 Å². The SMILES string of the molecule is CC(C)(CCCN1CC[C@@H]2CCCC[C@H]2C1)S(=O)(=O)c1ccccc1. The van der Waals surface area contributed by atoms with E-state index in [0.717, 1.165) is 31.2 Å². The number of benzene rings is 1. The van der Waals surface area contributed by atoms with Crippen molar-refractivity contribution >= 4 is 9.84 Å². The second-order valence-electron chi connectivity index (χ2n) is 8.57. The number of sulfone groups is 1. The largest absolute Gasteiger partial charge is 0.303 e. The first kappa shape index (κ1) is 18.9. The molecule has 1 aromatic carbocycles. The van der Waals surface area contributed by atoms with E-state index in [-0.39, 0.29) is 0 Å². The molecule has 1 aliphatic carbocycles. The molecule has 3 nitrogen and oxygen atoms in total. The molecule has 0 N–H and O–H groups in total. The van der Waals surface area contributed by atoms with Crippen molar-refractivity contribution in [3.8, 4) is 0 Å². The maximum atomic E-state index is 12.9. The summed E-state index contributed by atoms with van der Waals surface area (Å²) in [7, 11) is -3.28. The predicted octanol–water partition coefficient (Wildman–Crippen LogP) is 4.53. The van der Waals surface area contributed by atoms with Crippen LogP contribution in [0.4, 0.5) is 0 Å². The monoisotopic (exact) mass is 363 g/mol. The van der Waals surface area contributed by atoms with Crippen molar-refractivity contribution in [2.75, 3.05) is 19.6 Å². The molecule has 4 heteroatoms. The average Bonchev–Trinajstić information content (AvgIpc) is 2.62. The van der Waals surface area contributed by atoms with Crippen molar-refractivity contribution in [3.63, 3.8) is 0 Å². The van der Waals surface area contributed by atoms with E-state index in [0.29, 0.717) is 4.90 Å². The van der Waals surface area contributed by atoms with E-state index in [4.69, 9.17) is 0 Å². The van der Waals surface area contributed by atoms with Gasteiger partial charge in [0.1, 0.15) is 0 Å². The lowest BCUT2D eigenvalue weighted by Crippen LogP contribution is -2.42. The third-order valence-corrected chi connectivity index (χ3v) is 8.96. The van der Waals surface area contributed by atoms with Crippen LogP contribution >= 0.6 is 0 Å². The molecule has 0 bridgehead atoms. The fourth-order valence-corrected chi connectivity index (χ4v) is 6.23. The Balaban J connectivity index is 1.52. The Morgan fingerprint density at radius 1 is 1.04 bits per heavy atom. The number of hydrogen-bond donors (Lipinski definition) is 0. The van der Waals surface area contributed by atoms with E-state index < -0.39 is 14.6 Å². The molecule has 140 valence electrons. The minimum Gasteiger partial charge on any atom is -0.303 e. The fraction of sp³-hybridized carbons (Fsp3) is 0.714. The van der Waals surface area contributed by atoms with Gasteiger partial charge < -0.3 is 4.90 Å². The number of piperidine rings is 1. The topological polar surface area (TPSA) is 37.4 Å². The summed E-state index contributed by atoms with van der Waals surface area (Å²) in [5, 5.41) is 0. The zero-order chi connectivity index (χ0) is 17.9. The first-order valence-electron chi connectivity index (χ1n) is 9.92. The lowest BCUT2D eigenvalue weighted by atomic mass is 9.75. The molecule has 0 spiro atoms. The Morgan fingerprint density at radius 2 is 1.72 bits per heavy atom. The summed E-state index contributed by atoms with van der Waals surface area (Å²) in [5.74, 6) is 1.85. The molecule has 3 rings (SSSR count). The summed E-state index contributed by atoms with van der Waals surface area (Å²) in [6.45, 7) is 7.23. The average molecular weight is 364 g/mol. The normalized spacial score (nSPS) is 25.5. The first-order valence-corrected chi connectivity index (χ1v) is 11.4. The van der Waals surface area contributed by atoms with Crippen LogP contribution in [0.2, 0.25) is 0 Å². The van der Waals surface area contributed by atoms with Gasteiger partial charge in [-0.15, -0.1) is 0 Å². The van der Waals surface area contributed by atoms with Gasteiger partial charge in [0, 0.05) is 6.54 Å². The van der Waals surface area contributed by atoms with E-state index in [9.17, 15) is 8.42 Å². The van der Waals surface area contributed by atoms with Crippen molar-refractivity contribution in [1.82, 2.24) is 4.90 Å². The molecule has 0 amide bonds. The van der Waals surface area contributed by atoms with E-state index in [1.807, 2.05) is 19.9 Å². The number of hydrogen-bond acceptors (Lipinski definition) is 3. The lowest BCUT2D eigenvalue weighted by Gasteiger charge is -2.41. The molecule has 2 fully saturated rings. The second-order valence-corrected chi connectivity index (χ2v) is 11.2. The van der Waals surface area contributed by atoms with Gasteiger partial charge in [-0.05, 0) is 76.6 Å². The molecule has 1 aromatic rings. The molecule has 2 aliphatic rings. The minimum atomic E-state index is -3.28. The molecular weight excluding hydrogens is 330 g/mol. The van der Waals surface area contributed by atoms with Crippen LogP contribution in [0, 0.1) is 11.8 Å². The van der Waals surface area contributed by atoms with Crippen molar-refractivity contribution in [2.24, 2.45) is 11.8 Å². The van der Waals surface area contributed by atoms with Gasteiger partial charge in [0.2, 0.25) is 0 Å². The molecule has 0 radical (unpaired) electrons. The molecule has 1 saturated heterocycles. The van der Waals surface area contributed by atoms with Crippen LogP contribution in [0.5, 0.6) is 0 Å². The Morgan fingerprint density at radius 3 is 2.44 bits per heavy atom. The van der Waals surface area contributed by atoms with Crippen LogP contribution in [0.15, 0.2) is 35.2 Å². The summed E-state index contributed by atoms with van der Waals surface area (Å²) in [6, 6.07) is 8.89. The van der Waals surface area contributed by atoms with Crippen LogP contribution < -0.4 is 0 Å². The highest BCUT2D eigenvalue weighted by Gasteiger charge is 2.36. The highest BCUT2D eigenvalue weighted by molar-refractivity contribution is 7.92. The van der Waals surface area contributed by atoms with Crippen molar-refractivity contribution in [1.29, 1.82) is 0 Å². The Bertz CT molecular complexity index is 654. The van der Waals surface area contributed by atoms with Crippen LogP contribution in [-0.2, 0) is 9.84 Å². The van der Waals surface area contributed by atoms with Gasteiger partial charge in [-0.1, -0.05) is 37.5 Å². The molecule has 1 aliphatic heterocycles. The van der Waals surface area contributed by atoms with E-state index in [1.54, 1.807) is 24.3 Å². The minimum absolute atomic E-state index is 0.447. The highest BCUT2D eigenvalue weighted by atomic mass is 32.2.